The van der Waals surface area contributed by atoms with Gasteiger partial charge in [0.2, 0.25) is 5.91 Å². The third-order valence-electron chi connectivity index (χ3n) is 4.45. The fraction of sp³-hybridized carbons (Fsp3) is 0.444. The van der Waals surface area contributed by atoms with Crippen molar-refractivity contribution in [1.29, 1.82) is 0 Å². The molecule has 1 fully saturated rings. The van der Waals surface area contributed by atoms with Crippen molar-refractivity contribution in [3.63, 3.8) is 0 Å². The Bertz CT molecular complexity index is 624. The number of benzene rings is 1. The summed E-state index contributed by atoms with van der Waals surface area (Å²) in [6, 6.07) is 6.86. The zero-order valence-corrected chi connectivity index (χ0v) is 14.6. The summed E-state index contributed by atoms with van der Waals surface area (Å²) in [6.07, 6.45) is 8.43. The number of hydrogen-bond acceptors (Lipinski definition) is 3. The van der Waals surface area contributed by atoms with E-state index in [9.17, 15) is 9.59 Å². The minimum Gasteiger partial charge on any atom is -0.305 e. The first-order chi connectivity index (χ1) is 11.1. The standard InChI is InChI=1S/C18H21BrN2O2/c19-14-6-8-15(9-7-14)21-17(22)12-16(18(21)23)20-11-10-13-4-2-1-3-5-13/h4,6-9,16,20H,1-3,5,10-12H2/t16-/m0/s1. The number of imide groups is 1. The average molecular weight is 377 g/mol. The molecule has 2 amide bonds. The van der Waals surface area contributed by atoms with Crippen LogP contribution in [0.1, 0.15) is 38.5 Å². The Morgan fingerprint density at radius 2 is 1.96 bits per heavy atom. The lowest BCUT2D eigenvalue weighted by Gasteiger charge is -2.17. The molecule has 4 nitrogen and oxygen atoms in total. The molecule has 0 aromatic heterocycles. The lowest BCUT2D eigenvalue weighted by molar-refractivity contribution is -0.121. The molecule has 0 unspecified atom stereocenters. The SMILES string of the molecule is O=C1C[C@H](NCCC2=CCCCC2)C(=O)N1c1ccc(Br)cc1. The maximum atomic E-state index is 12.5. The number of nitrogens with zero attached hydrogens (tertiary/aromatic N) is 1. The van der Waals surface area contributed by atoms with Crippen molar-refractivity contribution in [2.45, 2.75) is 44.6 Å². The van der Waals surface area contributed by atoms with E-state index in [-0.39, 0.29) is 18.2 Å². The van der Waals surface area contributed by atoms with E-state index in [1.54, 1.807) is 12.1 Å². The molecule has 1 N–H and O–H groups in total. The Kier molecular flexibility index (Phi) is 5.28. The molecule has 0 bridgehead atoms. The largest absolute Gasteiger partial charge is 0.305 e. The summed E-state index contributed by atoms with van der Waals surface area (Å²) in [5.41, 5.74) is 2.12. The number of carbonyl (C=O) groups excluding carboxylic acids is 2. The number of allylic oxidation sites excluding steroid dienone is 1. The number of anilines is 1. The first-order valence-electron chi connectivity index (χ1n) is 8.19. The molecule has 0 spiro atoms. The predicted molar refractivity (Wildman–Crippen MR) is 94.2 cm³/mol. The Morgan fingerprint density at radius 1 is 1.17 bits per heavy atom. The van der Waals surface area contributed by atoms with Crippen LogP contribution in [0.4, 0.5) is 5.69 Å². The van der Waals surface area contributed by atoms with Crippen LogP contribution in [0.3, 0.4) is 0 Å². The van der Waals surface area contributed by atoms with Gasteiger partial charge in [-0.1, -0.05) is 27.6 Å². The second kappa shape index (κ2) is 7.41. The van der Waals surface area contributed by atoms with Gasteiger partial charge in [-0.3, -0.25) is 9.59 Å². The summed E-state index contributed by atoms with van der Waals surface area (Å²) in [4.78, 5) is 26.0. The summed E-state index contributed by atoms with van der Waals surface area (Å²) < 4.78 is 0.927. The van der Waals surface area contributed by atoms with E-state index in [0.29, 0.717) is 5.69 Å². The van der Waals surface area contributed by atoms with Crippen molar-refractivity contribution in [2.24, 2.45) is 0 Å². The van der Waals surface area contributed by atoms with E-state index in [2.05, 4.69) is 27.3 Å². The number of rotatable bonds is 5. The van der Waals surface area contributed by atoms with Gasteiger partial charge in [-0.05, 0) is 62.9 Å². The third-order valence-corrected chi connectivity index (χ3v) is 4.98. The second-order valence-electron chi connectivity index (χ2n) is 6.11. The van der Waals surface area contributed by atoms with Crippen molar-refractivity contribution in [1.82, 2.24) is 5.32 Å². The van der Waals surface area contributed by atoms with E-state index >= 15 is 0 Å². The average Bonchev–Trinajstić information content (AvgIpc) is 2.84. The molecule has 1 heterocycles. The monoisotopic (exact) mass is 376 g/mol. The van der Waals surface area contributed by atoms with Gasteiger partial charge in [0.15, 0.2) is 0 Å². The van der Waals surface area contributed by atoms with Gasteiger partial charge >= 0.3 is 0 Å². The predicted octanol–water partition coefficient (Wildman–Crippen LogP) is 3.56. The van der Waals surface area contributed by atoms with Crippen LogP contribution >= 0.6 is 15.9 Å². The molecule has 1 aliphatic carbocycles. The molecule has 1 saturated heterocycles. The Morgan fingerprint density at radius 3 is 2.65 bits per heavy atom. The maximum Gasteiger partial charge on any atom is 0.251 e. The fourth-order valence-corrected chi connectivity index (χ4v) is 3.46. The molecule has 122 valence electrons. The van der Waals surface area contributed by atoms with Crippen LogP contribution in [0, 0.1) is 0 Å². The minimum atomic E-state index is -0.393. The highest BCUT2D eigenvalue weighted by molar-refractivity contribution is 9.10. The minimum absolute atomic E-state index is 0.133. The molecule has 3 rings (SSSR count). The molecule has 23 heavy (non-hydrogen) atoms. The topological polar surface area (TPSA) is 49.4 Å². The van der Waals surface area contributed by atoms with E-state index in [1.807, 2.05) is 12.1 Å². The quantitative estimate of drug-likeness (QED) is 0.631. The second-order valence-corrected chi connectivity index (χ2v) is 7.03. The molecule has 0 saturated carbocycles. The molecule has 1 atom stereocenters. The van der Waals surface area contributed by atoms with Crippen LogP contribution in [-0.2, 0) is 9.59 Å². The van der Waals surface area contributed by atoms with Crippen LogP contribution < -0.4 is 10.2 Å². The lowest BCUT2D eigenvalue weighted by atomic mass is 9.97. The van der Waals surface area contributed by atoms with Gasteiger partial charge in [0.05, 0.1) is 18.2 Å². The normalized spacial score (nSPS) is 21.7. The van der Waals surface area contributed by atoms with Crippen molar-refractivity contribution < 1.29 is 9.59 Å². The smallest absolute Gasteiger partial charge is 0.251 e. The highest BCUT2D eigenvalue weighted by Crippen LogP contribution is 2.25. The summed E-state index contributed by atoms with van der Waals surface area (Å²) in [6.45, 7) is 0.754. The number of nitrogens with one attached hydrogen (secondary N) is 1. The summed E-state index contributed by atoms with van der Waals surface area (Å²) in [7, 11) is 0. The number of hydrogen-bond donors (Lipinski definition) is 1. The zero-order chi connectivity index (χ0) is 16.2. The Labute approximate surface area is 145 Å². The van der Waals surface area contributed by atoms with Crippen LogP contribution in [0.2, 0.25) is 0 Å². The van der Waals surface area contributed by atoms with Crippen molar-refractivity contribution in [3.05, 3.63) is 40.4 Å². The van der Waals surface area contributed by atoms with E-state index in [1.165, 1.54) is 36.2 Å². The van der Waals surface area contributed by atoms with Crippen molar-refractivity contribution in [3.8, 4) is 0 Å². The Balaban J connectivity index is 1.57. The molecule has 1 aromatic carbocycles. The zero-order valence-electron chi connectivity index (χ0n) is 13.1. The third kappa shape index (κ3) is 3.90. The number of halogens is 1. The molecular weight excluding hydrogens is 356 g/mol. The van der Waals surface area contributed by atoms with Gasteiger partial charge in [-0.25, -0.2) is 4.90 Å². The van der Waals surface area contributed by atoms with Gasteiger partial charge in [0, 0.05) is 4.47 Å². The molecule has 1 aliphatic heterocycles. The summed E-state index contributed by atoms with van der Waals surface area (Å²) in [5, 5.41) is 3.26. The van der Waals surface area contributed by atoms with Crippen LogP contribution in [-0.4, -0.2) is 24.4 Å². The molecular formula is C18H21BrN2O2. The lowest BCUT2D eigenvalue weighted by Crippen LogP contribution is -2.39. The molecule has 2 aliphatic rings. The van der Waals surface area contributed by atoms with E-state index in [0.717, 1.165) is 17.4 Å². The fourth-order valence-electron chi connectivity index (χ4n) is 3.19. The molecule has 1 aromatic rings. The van der Waals surface area contributed by atoms with Crippen LogP contribution in [0.15, 0.2) is 40.4 Å². The first kappa shape index (κ1) is 16.4. The number of carbonyl (C=O) groups is 2. The molecule has 0 radical (unpaired) electrons. The Hall–Kier alpha value is -1.46. The number of amides is 2. The maximum absolute atomic E-state index is 12.5. The highest BCUT2D eigenvalue weighted by Gasteiger charge is 2.39. The van der Waals surface area contributed by atoms with Gasteiger partial charge in [0.25, 0.3) is 5.91 Å². The van der Waals surface area contributed by atoms with Crippen LogP contribution in [0.5, 0.6) is 0 Å². The first-order valence-corrected chi connectivity index (χ1v) is 8.98. The highest BCUT2D eigenvalue weighted by atomic mass is 79.9. The van der Waals surface area contributed by atoms with Gasteiger partial charge in [0.1, 0.15) is 0 Å². The summed E-state index contributed by atoms with van der Waals surface area (Å²) in [5.74, 6) is -0.276. The van der Waals surface area contributed by atoms with Crippen molar-refractivity contribution in [2.75, 3.05) is 11.4 Å². The van der Waals surface area contributed by atoms with Gasteiger partial charge < -0.3 is 5.32 Å². The van der Waals surface area contributed by atoms with Gasteiger partial charge in [-0.2, -0.15) is 0 Å². The van der Waals surface area contributed by atoms with Gasteiger partial charge in [-0.15, -0.1) is 0 Å². The van der Waals surface area contributed by atoms with E-state index in [4.69, 9.17) is 0 Å². The van der Waals surface area contributed by atoms with Crippen LogP contribution in [0.25, 0.3) is 0 Å². The summed E-state index contributed by atoms with van der Waals surface area (Å²) >= 11 is 3.36. The van der Waals surface area contributed by atoms with E-state index < -0.39 is 6.04 Å². The van der Waals surface area contributed by atoms with Crippen molar-refractivity contribution >= 4 is 33.4 Å². The molecule has 5 heteroatoms.